The molecular formula is C20H16N6O6S. The van der Waals surface area contributed by atoms with E-state index < -0.39 is 27.1 Å². The minimum absolute atomic E-state index is 0.133. The van der Waals surface area contributed by atoms with Crippen LogP contribution in [0.15, 0.2) is 54.9 Å². The summed E-state index contributed by atoms with van der Waals surface area (Å²) in [5.74, 6) is -0.0265. The Labute approximate surface area is 189 Å². The van der Waals surface area contributed by atoms with Crippen LogP contribution in [-0.4, -0.2) is 44.2 Å². The van der Waals surface area contributed by atoms with Crippen LogP contribution in [0, 0.1) is 20.2 Å². The molecule has 0 fully saturated rings. The van der Waals surface area contributed by atoms with Gasteiger partial charge in [-0.2, -0.15) is 5.10 Å². The molecule has 0 atom stereocenters. The zero-order valence-corrected chi connectivity index (χ0v) is 18.0. The molecule has 2 aromatic heterocycles. The molecule has 0 saturated carbocycles. The molecule has 33 heavy (non-hydrogen) atoms. The number of thiazole rings is 1. The lowest BCUT2D eigenvalue weighted by atomic mass is 10.1. The van der Waals surface area contributed by atoms with E-state index in [1.165, 1.54) is 23.3 Å². The number of anilines is 1. The first-order chi connectivity index (χ1) is 15.9. The summed E-state index contributed by atoms with van der Waals surface area (Å²) in [7, 11) is 1.54. The summed E-state index contributed by atoms with van der Waals surface area (Å²) in [6, 6.07) is 9.87. The predicted molar refractivity (Wildman–Crippen MR) is 120 cm³/mol. The van der Waals surface area contributed by atoms with Crippen molar-refractivity contribution in [1.29, 1.82) is 0 Å². The normalized spacial score (nSPS) is 10.8. The average molecular weight is 468 g/mol. The lowest BCUT2D eigenvalue weighted by Gasteiger charge is -2.20. The van der Waals surface area contributed by atoms with Crippen LogP contribution >= 0.6 is 11.3 Å². The number of carbonyl (C=O) groups excluding carboxylic acids is 1. The fourth-order valence-corrected chi connectivity index (χ4v) is 4.16. The Bertz CT molecular complexity index is 1320. The van der Waals surface area contributed by atoms with E-state index in [0.717, 1.165) is 22.9 Å². The van der Waals surface area contributed by atoms with Gasteiger partial charge in [0.1, 0.15) is 5.75 Å². The molecule has 0 radical (unpaired) electrons. The molecule has 168 valence electrons. The molecule has 0 saturated heterocycles. The van der Waals surface area contributed by atoms with Gasteiger partial charge in [0, 0.05) is 31.1 Å². The Kier molecular flexibility index (Phi) is 5.95. The Balaban J connectivity index is 1.77. The van der Waals surface area contributed by atoms with Gasteiger partial charge in [-0.3, -0.25) is 34.6 Å². The Morgan fingerprint density at radius 2 is 1.88 bits per heavy atom. The first kappa shape index (κ1) is 21.8. The van der Waals surface area contributed by atoms with Crippen LogP contribution in [0.5, 0.6) is 5.75 Å². The van der Waals surface area contributed by atoms with E-state index in [2.05, 4.69) is 10.1 Å². The maximum Gasteiger partial charge on any atom is 0.277 e. The van der Waals surface area contributed by atoms with Crippen molar-refractivity contribution in [2.45, 2.75) is 6.54 Å². The summed E-state index contributed by atoms with van der Waals surface area (Å²) in [4.78, 5) is 40.3. The molecule has 0 spiro atoms. The van der Waals surface area contributed by atoms with E-state index in [1.807, 2.05) is 0 Å². The number of aromatic nitrogens is 3. The summed E-state index contributed by atoms with van der Waals surface area (Å²) >= 11 is 1.23. The highest BCUT2D eigenvalue weighted by molar-refractivity contribution is 7.22. The molecule has 0 aliphatic rings. The topological polar surface area (TPSA) is 147 Å². The van der Waals surface area contributed by atoms with Crippen molar-refractivity contribution in [2.24, 2.45) is 0 Å². The second-order valence-electron chi connectivity index (χ2n) is 6.81. The highest BCUT2D eigenvalue weighted by atomic mass is 32.1. The predicted octanol–water partition coefficient (Wildman–Crippen LogP) is 3.66. The molecule has 0 unspecified atom stereocenters. The van der Waals surface area contributed by atoms with Crippen LogP contribution in [0.2, 0.25) is 0 Å². The van der Waals surface area contributed by atoms with Crippen LogP contribution in [0.3, 0.4) is 0 Å². The largest absolute Gasteiger partial charge is 0.497 e. The monoisotopic (exact) mass is 468 g/mol. The summed E-state index contributed by atoms with van der Waals surface area (Å²) in [5.41, 5.74) is -0.645. The zero-order chi connectivity index (χ0) is 23.5. The number of ether oxygens (including phenoxy) is 1. The van der Waals surface area contributed by atoms with Gasteiger partial charge in [-0.25, -0.2) is 4.98 Å². The van der Waals surface area contributed by atoms with Crippen molar-refractivity contribution in [2.75, 3.05) is 18.6 Å². The van der Waals surface area contributed by atoms with E-state index in [9.17, 15) is 25.0 Å². The van der Waals surface area contributed by atoms with Crippen molar-refractivity contribution in [3.8, 4) is 5.75 Å². The fourth-order valence-electron chi connectivity index (χ4n) is 3.14. The van der Waals surface area contributed by atoms with E-state index in [0.29, 0.717) is 22.9 Å². The molecule has 0 aliphatic carbocycles. The van der Waals surface area contributed by atoms with Crippen molar-refractivity contribution < 1.29 is 19.4 Å². The molecule has 12 nitrogen and oxygen atoms in total. The van der Waals surface area contributed by atoms with Gasteiger partial charge in [0.2, 0.25) is 0 Å². The van der Waals surface area contributed by atoms with E-state index in [4.69, 9.17) is 4.74 Å². The first-order valence-electron chi connectivity index (χ1n) is 9.53. The molecule has 1 amide bonds. The third-order valence-electron chi connectivity index (χ3n) is 4.74. The summed E-state index contributed by atoms with van der Waals surface area (Å²) in [5, 5.41) is 27.0. The Morgan fingerprint density at radius 1 is 1.15 bits per heavy atom. The number of hydrogen-bond acceptors (Lipinski definition) is 9. The quantitative estimate of drug-likeness (QED) is 0.281. The van der Waals surface area contributed by atoms with Crippen LogP contribution in [-0.2, 0) is 6.54 Å². The number of hydrogen-bond donors (Lipinski definition) is 0. The molecule has 0 N–H and O–H groups in total. The van der Waals surface area contributed by atoms with Gasteiger partial charge in [-0.05, 0) is 24.3 Å². The standard InChI is InChI=1S/C20H16N6O6S/c1-32-16-3-4-17-18(12-16)33-20(22-17)24(8-7-23-6-2-5-21-23)19(27)13-9-14(25(28)29)11-15(10-13)26(30)31/h2-6,9-12H,7-8H2,1H3. The lowest BCUT2D eigenvalue weighted by molar-refractivity contribution is -0.394. The van der Waals surface area contributed by atoms with Gasteiger partial charge in [-0.15, -0.1) is 0 Å². The van der Waals surface area contributed by atoms with Gasteiger partial charge in [0.05, 0.1) is 45.3 Å². The zero-order valence-electron chi connectivity index (χ0n) is 17.2. The van der Waals surface area contributed by atoms with Crippen LogP contribution in [0.1, 0.15) is 10.4 Å². The Hall–Kier alpha value is -4.39. The maximum absolute atomic E-state index is 13.4. The van der Waals surface area contributed by atoms with E-state index >= 15 is 0 Å². The number of benzene rings is 2. The van der Waals surface area contributed by atoms with Crippen molar-refractivity contribution in [1.82, 2.24) is 14.8 Å². The minimum Gasteiger partial charge on any atom is -0.497 e. The molecular weight excluding hydrogens is 452 g/mol. The highest BCUT2D eigenvalue weighted by Crippen LogP contribution is 2.33. The van der Waals surface area contributed by atoms with Crippen LogP contribution < -0.4 is 9.64 Å². The fraction of sp³-hybridized carbons (Fsp3) is 0.150. The SMILES string of the molecule is COc1ccc2nc(N(CCn3cccn3)C(=O)c3cc([N+](=O)[O-])cc([N+](=O)[O-])c3)sc2c1. The molecule has 13 heteroatoms. The molecule has 0 aliphatic heterocycles. The second kappa shape index (κ2) is 9.00. The smallest absolute Gasteiger partial charge is 0.277 e. The number of amides is 1. The highest BCUT2D eigenvalue weighted by Gasteiger charge is 2.26. The third-order valence-corrected chi connectivity index (χ3v) is 5.78. The molecule has 4 aromatic rings. The third kappa shape index (κ3) is 4.62. The number of nitro groups is 2. The van der Waals surface area contributed by atoms with Crippen LogP contribution in [0.25, 0.3) is 10.2 Å². The van der Waals surface area contributed by atoms with Gasteiger partial charge in [0.25, 0.3) is 17.3 Å². The molecule has 0 bridgehead atoms. The van der Waals surface area contributed by atoms with Crippen molar-refractivity contribution in [3.63, 3.8) is 0 Å². The number of nitro benzene ring substituents is 2. The van der Waals surface area contributed by atoms with Gasteiger partial charge >= 0.3 is 0 Å². The molecule has 4 rings (SSSR count). The number of methoxy groups -OCH3 is 1. The molecule has 2 heterocycles. The number of carbonyl (C=O) groups is 1. The summed E-state index contributed by atoms with van der Waals surface area (Å²) in [6.45, 7) is 0.447. The number of fused-ring (bicyclic) bond motifs is 1. The van der Waals surface area contributed by atoms with E-state index in [-0.39, 0.29) is 12.1 Å². The van der Waals surface area contributed by atoms with Gasteiger partial charge < -0.3 is 4.74 Å². The minimum atomic E-state index is -0.776. The summed E-state index contributed by atoms with van der Waals surface area (Å²) < 4.78 is 7.62. The first-order valence-corrected chi connectivity index (χ1v) is 10.3. The second-order valence-corrected chi connectivity index (χ2v) is 7.82. The van der Waals surface area contributed by atoms with Crippen molar-refractivity contribution >= 4 is 44.0 Å². The summed E-state index contributed by atoms with van der Waals surface area (Å²) in [6.07, 6.45) is 3.32. The lowest BCUT2D eigenvalue weighted by Crippen LogP contribution is -2.34. The number of non-ortho nitro benzene ring substituents is 2. The van der Waals surface area contributed by atoms with Crippen LogP contribution in [0.4, 0.5) is 16.5 Å². The van der Waals surface area contributed by atoms with Gasteiger partial charge in [0.15, 0.2) is 5.13 Å². The Morgan fingerprint density at radius 3 is 2.48 bits per heavy atom. The van der Waals surface area contributed by atoms with Crippen molar-refractivity contribution in [3.05, 3.63) is 80.7 Å². The van der Waals surface area contributed by atoms with E-state index in [1.54, 1.807) is 41.3 Å². The maximum atomic E-state index is 13.4. The number of rotatable bonds is 8. The molecule has 2 aromatic carbocycles. The average Bonchev–Trinajstić information content (AvgIpc) is 3.47. The van der Waals surface area contributed by atoms with Gasteiger partial charge in [-0.1, -0.05) is 11.3 Å². The number of nitrogens with zero attached hydrogens (tertiary/aromatic N) is 6.